The fourth-order valence-electron chi connectivity index (χ4n) is 1.38. The number of amides is 1. The molecule has 0 aromatic carbocycles. The van der Waals surface area contributed by atoms with Crippen LogP contribution < -0.4 is 10.6 Å². The number of hydrogen-bond acceptors (Lipinski definition) is 5. The van der Waals surface area contributed by atoms with Crippen LogP contribution >= 0.6 is 11.6 Å². The van der Waals surface area contributed by atoms with Gasteiger partial charge in [0.2, 0.25) is 0 Å². The highest BCUT2D eigenvalue weighted by atomic mass is 35.5. The minimum Gasteiger partial charge on any atom is -0.352 e. The molecule has 1 rings (SSSR count). The molecule has 2 N–H and O–H groups in total. The van der Waals surface area contributed by atoms with Gasteiger partial charge < -0.3 is 10.6 Å². The van der Waals surface area contributed by atoms with Crippen molar-refractivity contribution in [2.45, 2.75) is 13.3 Å². The van der Waals surface area contributed by atoms with Crippen molar-refractivity contribution < 1.29 is 9.72 Å². The molecule has 104 valence electrons. The van der Waals surface area contributed by atoms with Crippen molar-refractivity contribution in [3.05, 3.63) is 33.1 Å². The number of carbonyl (C=O) groups excluding carboxylic acids is 1. The molecular formula is C11H15ClN4O3. The van der Waals surface area contributed by atoms with E-state index in [1.54, 1.807) is 0 Å². The van der Waals surface area contributed by atoms with Crippen molar-refractivity contribution in [3.63, 3.8) is 0 Å². The van der Waals surface area contributed by atoms with Gasteiger partial charge in [0, 0.05) is 12.6 Å². The first-order valence-corrected chi connectivity index (χ1v) is 6.23. The predicted molar refractivity (Wildman–Crippen MR) is 71.4 cm³/mol. The molecule has 19 heavy (non-hydrogen) atoms. The number of pyridine rings is 1. The highest BCUT2D eigenvalue weighted by Crippen LogP contribution is 2.18. The number of aromatic nitrogens is 1. The molecule has 0 aliphatic rings. The fourth-order valence-corrected chi connectivity index (χ4v) is 1.57. The summed E-state index contributed by atoms with van der Waals surface area (Å²) in [7, 11) is 0. The van der Waals surface area contributed by atoms with Crippen molar-refractivity contribution in [1.82, 2.24) is 15.6 Å². The van der Waals surface area contributed by atoms with Gasteiger partial charge in [0.25, 0.3) is 11.6 Å². The summed E-state index contributed by atoms with van der Waals surface area (Å²) in [6.07, 6.45) is 1.78. The molecule has 0 spiro atoms. The van der Waals surface area contributed by atoms with Crippen molar-refractivity contribution >= 4 is 23.2 Å². The van der Waals surface area contributed by atoms with Crippen LogP contribution in [-0.4, -0.2) is 35.4 Å². The van der Waals surface area contributed by atoms with Crippen molar-refractivity contribution in [1.29, 1.82) is 0 Å². The molecule has 7 nitrogen and oxygen atoms in total. The van der Waals surface area contributed by atoms with Gasteiger partial charge in [0.15, 0.2) is 0 Å². The average molecular weight is 287 g/mol. The number of carbonyl (C=O) groups is 1. The largest absolute Gasteiger partial charge is 0.352 e. The summed E-state index contributed by atoms with van der Waals surface area (Å²) in [5, 5.41) is 16.3. The summed E-state index contributed by atoms with van der Waals surface area (Å²) in [4.78, 5) is 25.4. The second-order valence-corrected chi connectivity index (χ2v) is 4.11. The van der Waals surface area contributed by atoms with Crippen LogP contribution in [0, 0.1) is 10.1 Å². The Bertz CT molecular complexity index is 467. The predicted octanol–water partition coefficient (Wildman–Crippen LogP) is 1.37. The Morgan fingerprint density at radius 1 is 1.53 bits per heavy atom. The molecule has 1 aromatic rings. The van der Waals surface area contributed by atoms with E-state index >= 15 is 0 Å². The normalized spacial score (nSPS) is 10.2. The first-order chi connectivity index (χ1) is 9.06. The third kappa shape index (κ3) is 4.80. The Balaban J connectivity index is 2.61. The van der Waals surface area contributed by atoms with Gasteiger partial charge in [-0.2, -0.15) is 0 Å². The lowest BCUT2D eigenvalue weighted by Crippen LogP contribution is -2.27. The number of hydrogen-bond donors (Lipinski definition) is 2. The standard InChI is InChI=1S/C11H15ClN4O3/c1-2-13-4-3-5-14-11(17)9-6-8(16(18)19)7-15-10(9)12/h6-7,13H,2-5H2,1H3,(H,14,17). The fraction of sp³-hybridized carbons (Fsp3) is 0.455. The molecule has 0 radical (unpaired) electrons. The second kappa shape index (κ2) is 7.65. The Morgan fingerprint density at radius 2 is 2.26 bits per heavy atom. The van der Waals surface area contributed by atoms with Crippen LogP contribution in [0.3, 0.4) is 0 Å². The summed E-state index contributed by atoms with van der Waals surface area (Å²) >= 11 is 5.75. The molecule has 1 amide bonds. The van der Waals surface area contributed by atoms with Gasteiger partial charge in [-0.3, -0.25) is 14.9 Å². The van der Waals surface area contributed by atoms with E-state index in [1.165, 1.54) is 0 Å². The highest BCUT2D eigenvalue weighted by Gasteiger charge is 2.16. The lowest BCUT2D eigenvalue weighted by Gasteiger charge is -2.06. The zero-order valence-corrected chi connectivity index (χ0v) is 11.2. The molecule has 0 unspecified atom stereocenters. The third-order valence-corrected chi connectivity index (χ3v) is 2.65. The van der Waals surface area contributed by atoms with Gasteiger partial charge in [-0.1, -0.05) is 18.5 Å². The van der Waals surface area contributed by atoms with E-state index in [4.69, 9.17) is 11.6 Å². The first-order valence-electron chi connectivity index (χ1n) is 5.85. The maximum Gasteiger partial charge on any atom is 0.288 e. The van der Waals surface area contributed by atoms with Crippen LogP contribution in [0.15, 0.2) is 12.3 Å². The molecule has 0 bridgehead atoms. The van der Waals surface area contributed by atoms with E-state index in [0.29, 0.717) is 6.54 Å². The smallest absolute Gasteiger partial charge is 0.288 e. The van der Waals surface area contributed by atoms with Crippen LogP contribution in [0.1, 0.15) is 23.7 Å². The molecule has 1 heterocycles. The Morgan fingerprint density at radius 3 is 2.89 bits per heavy atom. The zero-order chi connectivity index (χ0) is 14.3. The van der Waals surface area contributed by atoms with Crippen molar-refractivity contribution in [3.8, 4) is 0 Å². The Kier molecular flexibility index (Phi) is 6.17. The molecule has 0 aliphatic heterocycles. The molecule has 0 aliphatic carbocycles. The van der Waals surface area contributed by atoms with Gasteiger partial charge in [-0.25, -0.2) is 4.98 Å². The van der Waals surface area contributed by atoms with Gasteiger partial charge >= 0.3 is 0 Å². The number of nitro groups is 1. The summed E-state index contributed by atoms with van der Waals surface area (Å²) < 4.78 is 0. The van der Waals surface area contributed by atoms with Crippen molar-refractivity contribution in [2.24, 2.45) is 0 Å². The van der Waals surface area contributed by atoms with Crippen LogP contribution in [-0.2, 0) is 0 Å². The Hall–Kier alpha value is -1.73. The summed E-state index contributed by atoms with van der Waals surface area (Å²) in [6, 6.07) is 1.12. The lowest BCUT2D eigenvalue weighted by molar-refractivity contribution is -0.385. The topological polar surface area (TPSA) is 97.2 Å². The monoisotopic (exact) mass is 286 g/mol. The van der Waals surface area contributed by atoms with E-state index < -0.39 is 10.8 Å². The summed E-state index contributed by atoms with van der Waals surface area (Å²) in [5.41, 5.74) is -0.249. The zero-order valence-electron chi connectivity index (χ0n) is 10.5. The second-order valence-electron chi connectivity index (χ2n) is 3.75. The first kappa shape index (κ1) is 15.3. The van der Waals surface area contributed by atoms with E-state index in [2.05, 4.69) is 15.6 Å². The van der Waals surface area contributed by atoms with Crippen LogP contribution in [0.2, 0.25) is 5.15 Å². The highest BCUT2D eigenvalue weighted by molar-refractivity contribution is 6.32. The van der Waals surface area contributed by atoms with Gasteiger partial charge in [0.1, 0.15) is 11.3 Å². The summed E-state index contributed by atoms with van der Waals surface area (Å²) in [6.45, 7) is 4.12. The number of nitrogens with zero attached hydrogens (tertiary/aromatic N) is 2. The molecular weight excluding hydrogens is 272 g/mol. The summed E-state index contributed by atoms with van der Waals surface area (Å²) in [5.74, 6) is -0.460. The van der Waals surface area contributed by atoms with Crippen LogP contribution in [0.5, 0.6) is 0 Å². The average Bonchev–Trinajstić information content (AvgIpc) is 2.38. The minimum atomic E-state index is -0.620. The minimum absolute atomic E-state index is 0.0133. The van der Waals surface area contributed by atoms with Crippen LogP contribution in [0.25, 0.3) is 0 Å². The van der Waals surface area contributed by atoms with Crippen molar-refractivity contribution in [2.75, 3.05) is 19.6 Å². The number of rotatable bonds is 7. The molecule has 0 fully saturated rings. The molecule has 0 atom stereocenters. The quantitative estimate of drug-likeness (QED) is 0.341. The maximum absolute atomic E-state index is 11.8. The molecule has 0 saturated carbocycles. The van der Waals surface area contributed by atoms with E-state index in [-0.39, 0.29) is 16.4 Å². The van der Waals surface area contributed by atoms with E-state index in [1.807, 2.05) is 6.92 Å². The molecule has 8 heteroatoms. The number of nitrogens with one attached hydrogen (secondary N) is 2. The Labute approximate surface area is 115 Å². The van der Waals surface area contributed by atoms with Gasteiger partial charge in [0.05, 0.1) is 10.5 Å². The maximum atomic E-state index is 11.8. The SMILES string of the molecule is CCNCCCNC(=O)c1cc([N+](=O)[O-])cnc1Cl. The van der Waals surface area contributed by atoms with E-state index in [9.17, 15) is 14.9 Å². The molecule has 1 aromatic heterocycles. The third-order valence-electron chi connectivity index (χ3n) is 2.35. The lowest BCUT2D eigenvalue weighted by atomic mass is 10.2. The van der Waals surface area contributed by atoms with Crippen LogP contribution in [0.4, 0.5) is 5.69 Å². The number of halogens is 1. The van der Waals surface area contributed by atoms with Gasteiger partial charge in [-0.05, 0) is 19.5 Å². The van der Waals surface area contributed by atoms with Gasteiger partial charge in [-0.15, -0.1) is 0 Å². The van der Waals surface area contributed by atoms with E-state index in [0.717, 1.165) is 31.8 Å². The molecule has 0 saturated heterocycles.